The van der Waals surface area contributed by atoms with E-state index in [-0.39, 0.29) is 16.5 Å². The summed E-state index contributed by atoms with van der Waals surface area (Å²) < 4.78 is 0. The minimum absolute atomic E-state index is 0.0294. The first-order valence-corrected chi connectivity index (χ1v) is 8.93. The maximum absolute atomic E-state index is 12.7. The van der Waals surface area contributed by atoms with E-state index in [9.17, 15) is 14.9 Å². The lowest BCUT2D eigenvalue weighted by molar-refractivity contribution is -0.384. The highest BCUT2D eigenvalue weighted by Crippen LogP contribution is 2.32. The molecule has 3 rings (SSSR count). The summed E-state index contributed by atoms with van der Waals surface area (Å²) in [5.74, 6) is 0.323. The summed E-state index contributed by atoms with van der Waals surface area (Å²) in [5, 5.41) is 11.5. The third-order valence-corrected chi connectivity index (χ3v) is 5.23. The lowest BCUT2D eigenvalue weighted by Crippen LogP contribution is -2.33. The van der Waals surface area contributed by atoms with Crippen molar-refractivity contribution in [2.45, 2.75) is 19.3 Å². The Morgan fingerprint density at radius 2 is 2.04 bits per heavy atom. The summed E-state index contributed by atoms with van der Waals surface area (Å²) in [6.45, 7) is 4.41. The second-order valence-electron chi connectivity index (χ2n) is 7.26. The van der Waals surface area contributed by atoms with Gasteiger partial charge in [-0.15, -0.1) is 0 Å². The number of likely N-dealkylation sites (tertiary alicyclic amines) is 1. The van der Waals surface area contributed by atoms with Gasteiger partial charge in [0.15, 0.2) is 0 Å². The molecule has 1 unspecified atom stereocenters. The molecule has 1 aromatic rings. The number of benzene rings is 1. The van der Waals surface area contributed by atoms with Crippen molar-refractivity contribution in [3.8, 4) is 0 Å². The number of carbonyl (C=O) groups excluding carboxylic acids is 1. The lowest BCUT2D eigenvalue weighted by atomic mass is 10.1. The maximum atomic E-state index is 12.7. The van der Waals surface area contributed by atoms with Gasteiger partial charge in [-0.05, 0) is 50.9 Å². The van der Waals surface area contributed by atoms with Crippen LogP contribution in [0.3, 0.4) is 0 Å². The number of nitrogens with zero attached hydrogens (tertiary/aromatic N) is 4. The van der Waals surface area contributed by atoms with Crippen molar-refractivity contribution in [1.29, 1.82) is 0 Å². The third-order valence-electron chi connectivity index (χ3n) is 5.23. The molecule has 25 heavy (non-hydrogen) atoms. The Labute approximate surface area is 148 Å². The van der Waals surface area contributed by atoms with Gasteiger partial charge in [-0.1, -0.05) is 0 Å². The first kappa shape index (κ1) is 17.7. The molecule has 7 heteroatoms. The molecule has 1 atom stereocenters. The van der Waals surface area contributed by atoms with E-state index in [0.717, 1.165) is 45.4 Å². The summed E-state index contributed by atoms with van der Waals surface area (Å²) in [6, 6.07) is 4.89. The Bertz CT molecular complexity index is 658. The zero-order valence-electron chi connectivity index (χ0n) is 15.0. The first-order chi connectivity index (χ1) is 12.0. The van der Waals surface area contributed by atoms with E-state index in [2.05, 4.69) is 11.9 Å². The molecule has 136 valence electrons. The first-order valence-electron chi connectivity index (χ1n) is 8.93. The van der Waals surface area contributed by atoms with E-state index in [0.29, 0.717) is 23.7 Å². The van der Waals surface area contributed by atoms with Crippen LogP contribution in [0.15, 0.2) is 18.2 Å². The lowest BCUT2D eigenvalue weighted by Gasteiger charge is -2.22. The number of hydrogen-bond donors (Lipinski definition) is 0. The van der Waals surface area contributed by atoms with Gasteiger partial charge in [0.05, 0.1) is 4.92 Å². The second-order valence-corrected chi connectivity index (χ2v) is 7.26. The average Bonchev–Trinajstić information content (AvgIpc) is 3.25. The number of rotatable bonds is 5. The quantitative estimate of drug-likeness (QED) is 0.604. The van der Waals surface area contributed by atoms with Crippen molar-refractivity contribution in [3.63, 3.8) is 0 Å². The Morgan fingerprint density at radius 1 is 1.32 bits per heavy atom. The van der Waals surface area contributed by atoms with Crippen molar-refractivity contribution in [2.75, 3.05) is 51.7 Å². The maximum Gasteiger partial charge on any atom is 0.293 e. The largest absolute Gasteiger partial charge is 0.366 e. The molecule has 2 heterocycles. The van der Waals surface area contributed by atoms with E-state index in [1.165, 1.54) is 6.07 Å². The van der Waals surface area contributed by atoms with Gasteiger partial charge >= 0.3 is 0 Å². The Kier molecular flexibility index (Phi) is 5.22. The van der Waals surface area contributed by atoms with Crippen molar-refractivity contribution in [3.05, 3.63) is 33.9 Å². The van der Waals surface area contributed by atoms with Gasteiger partial charge < -0.3 is 14.7 Å². The molecule has 2 aliphatic heterocycles. The van der Waals surface area contributed by atoms with Gasteiger partial charge in [0.2, 0.25) is 0 Å². The number of anilines is 1. The van der Waals surface area contributed by atoms with Gasteiger partial charge in [0, 0.05) is 44.9 Å². The van der Waals surface area contributed by atoms with Crippen LogP contribution >= 0.6 is 0 Å². The molecule has 1 amide bonds. The van der Waals surface area contributed by atoms with Crippen molar-refractivity contribution in [1.82, 2.24) is 9.80 Å². The van der Waals surface area contributed by atoms with Gasteiger partial charge in [-0.3, -0.25) is 14.9 Å². The van der Waals surface area contributed by atoms with E-state index in [1.807, 2.05) is 4.90 Å². The second kappa shape index (κ2) is 7.39. The van der Waals surface area contributed by atoms with Crippen LogP contribution in [0.1, 0.15) is 29.6 Å². The predicted octanol–water partition coefficient (Wildman–Crippen LogP) is 2.22. The SMILES string of the molecule is CN1CCC(CN(C)C(=O)c2ccc(N3CCCC3)c([N+](=O)[O-])c2)C1. The molecule has 0 spiro atoms. The molecule has 0 N–H and O–H groups in total. The van der Waals surface area contributed by atoms with Crippen LogP contribution in [-0.2, 0) is 0 Å². The fourth-order valence-electron chi connectivity index (χ4n) is 3.89. The molecule has 2 aliphatic rings. The normalized spacial score (nSPS) is 20.9. The predicted molar refractivity (Wildman–Crippen MR) is 97.1 cm³/mol. The molecule has 2 fully saturated rings. The van der Waals surface area contributed by atoms with Gasteiger partial charge in [0.1, 0.15) is 5.69 Å². The van der Waals surface area contributed by atoms with Crippen LogP contribution in [0.2, 0.25) is 0 Å². The number of amides is 1. The smallest absolute Gasteiger partial charge is 0.293 e. The van der Waals surface area contributed by atoms with Crippen LogP contribution < -0.4 is 4.90 Å². The minimum atomic E-state index is -0.379. The van der Waals surface area contributed by atoms with Gasteiger partial charge in [0.25, 0.3) is 11.6 Å². The summed E-state index contributed by atoms with van der Waals surface area (Å²) in [5.41, 5.74) is 1.05. The summed E-state index contributed by atoms with van der Waals surface area (Å²) in [6.07, 6.45) is 3.19. The zero-order chi connectivity index (χ0) is 18.0. The fraction of sp³-hybridized carbons (Fsp3) is 0.611. The van der Waals surface area contributed by atoms with Crippen molar-refractivity contribution in [2.24, 2.45) is 5.92 Å². The number of nitro groups is 1. The molecule has 1 aromatic carbocycles. The highest BCUT2D eigenvalue weighted by Gasteiger charge is 2.26. The van der Waals surface area contributed by atoms with Crippen LogP contribution in [0.25, 0.3) is 0 Å². The number of nitro benzene ring substituents is 1. The monoisotopic (exact) mass is 346 g/mol. The Balaban J connectivity index is 1.75. The molecule has 0 bridgehead atoms. The third kappa shape index (κ3) is 3.92. The van der Waals surface area contributed by atoms with E-state index in [1.54, 1.807) is 24.1 Å². The summed E-state index contributed by atoms with van der Waals surface area (Å²) in [4.78, 5) is 29.8. The van der Waals surface area contributed by atoms with Crippen molar-refractivity contribution < 1.29 is 9.72 Å². The van der Waals surface area contributed by atoms with Crippen molar-refractivity contribution >= 4 is 17.3 Å². The fourth-order valence-corrected chi connectivity index (χ4v) is 3.89. The Hall–Kier alpha value is -2.15. The Morgan fingerprint density at radius 3 is 2.64 bits per heavy atom. The van der Waals surface area contributed by atoms with Gasteiger partial charge in [-0.2, -0.15) is 0 Å². The highest BCUT2D eigenvalue weighted by molar-refractivity contribution is 5.95. The van der Waals surface area contributed by atoms with Crippen LogP contribution in [0.4, 0.5) is 11.4 Å². The van der Waals surface area contributed by atoms with E-state index >= 15 is 0 Å². The minimum Gasteiger partial charge on any atom is -0.366 e. The molecule has 0 radical (unpaired) electrons. The molecule has 0 aromatic heterocycles. The zero-order valence-corrected chi connectivity index (χ0v) is 15.0. The standard InChI is InChI=1S/C18H26N4O3/c1-19-10-7-14(12-19)13-20(2)18(23)15-5-6-16(17(11-15)22(24)25)21-8-3-4-9-21/h5-6,11,14H,3-4,7-10,12-13H2,1-2H3. The molecule has 0 aliphatic carbocycles. The molecule has 0 saturated carbocycles. The molecular formula is C18H26N4O3. The highest BCUT2D eigenvalue weighted by atomic mass is 16.6. The van der Waals surface area contributed by atoms with E-state index < -0.39 is 0 Å². The van der Waals surface area contributed by atoms with Crippen LogP contribution in [-0.4, -0.2) is 67.4 Å². The van der Waals surface area contributed by atoms with Crippen LogP contribution in [0.5, 0.6) is 0 Å². The van der Waals surface area contributed by atoms with Crippen LogP contribution in [0, 0.1) is 16.0 Å². The molecular weight excluding hydrogens is 320 g/mol. The summed E-state index contributed by atoms with van der Waals surface area (Å²) >= 11 is 0. The number of carbonyl (C=O) groups is 1. The summed E-state index contributed by atoms with van der Waals surface area (Å²) in [7, 11) is 3.86. The molecule has 7 nitrogen and oxygen atoms in total. The number of hydrogen-bond acceptors (Lipinski definition) is 5. The average molecular weight is 346 g/mol. The van der Waals surface area contributed by atoms with Gasteiger partial charge in [-0.25, -0.2) is 0 Å². The topological polar surface area (TPSA) is 69.9 Å². The van der Waals surface area contributed by atoms with E-state index in [4.69, 9.17) is 0 Å². The molecule has 2 saturated heterocycles.